The zero-order chi connectivity index (χ0) is 24.1. The van der Waals surface area contributed by atoms with E-state index in [1.54, 1.807) is 12.1 Å². The number of nitrogens with zero attached hydrogens (tertiary/aromatic N) is 1. The molecular weight excluding hydrogens is 433 g/mol. The van der Waals surface area contributed by atoms with Crippen molar-refractivity contribution < 1.29 is 27.8 Å². The van der Waals surface area contributed by atoms with Gasteiger partial charge in [-0.15, -0.1) is 13.2 Å². The van der Waals surface area contributed by atoms with Crippen molar-refractivity contribution in [1.82, 2.24) is 10.2 Å². The number of nitrogens with one attached hydrogen (secondary N) is 1. The van der Waals surface area contributed by atoms with E-state index < -0.39 is 17.9 Å². The molecule has 3 rings (SSSR count). The fraction of sp³-hybridized carbons (Fsp3) is 0.480. The van der Waals surface area contributed by atoms with Crippen molar-refractivity contribution in [2.75, 3.05) is 13.1 Å². The molecule has 8 heteroatoms. The lowest BCUT2D eigenvalue weighted by atomic mass is 9.90. The molecule has 1 aliphatic heterocycles. The van der Waals surface area contributed by atoms with E-state index >= 15 is 0 Å². The molecule has 2 N–H and O–H groups in total. The number of rotatable bonds is 9. The number of aliphatic carboxylic acids is 1. The summed E-state index contributed by atoms with van der Waals surface area (Å²) in [5.41, 5.74) is 2.03. The first-order valence-corrected chi connectivity index (χ1v) is 11.3. The largest absolute Gasteiger partial charge is 0.573 e. The van der Waals surface area contributed by atoms with Crippen molar-refractivity contribution in [1.29, 1.82) is 0 Å². The molecule has 0 radical (unpaired) electrons. The van der Waals surface area contributed by atoms with E-state index in [-0.39, 0.29) is 5.75 Å². The second kappa shape index (κ2) is 10.6. The van der Waals surface area contributed by atoms with Crippen molar-refractivity contribution in [3.8, 4) is 16.9 Å². The first-order chi connectivity index (χ1) is 15.6. The minimum absolute atomic E-state index is 0.239. The standard InChI is InChI=1S/C25H31F3N2O3/c1-3-14-24(2,23(31)32)30-15-12-21(13-16-30)29-17-18-4-6-19(7-5-18)20-8-10-22(11-9-20)33-25(26,27)28/h4-11,21,29H,3,12-17H2,1-2H3,(H,31,32). The van der Waals surface area contributed by atoms with Gasteiger partial charge in [0.25, 0.3) is 0 Å². The predicted octanol–water partition coefficient (Wildman–Crippen LogP) is 5.45. The Morgan fingerprint density at radius 1 is 1.06 bits per heavy atom. The SMILES string of the molecule is CCCC(C)(C(=O)O)N1CCC(NCc2ccc(-c3ccc(OC(F)(F)F)cc3)cc2)CC1. The third kappa shape index (κ3) is 6.71. The Bertz CT molecular complexity index is 908. The van der Waals surface area contributed by atoms with E-state index in [1.807, 2.05) is 38.1 Å². The molecule has 180 valence electrons. The average molecular weight is 465 g/mol. The van der Waals surface area contributed by atoms with Crippen LogP contribution in [0.5, 0.6) is 5.75 Å². The van der Waals surface area contributed by atoms with Gasteiger partial charge in [0.2, 0.25) is 0 Å². The molecule has 1 atom stereocenters. The van der Waals surface area contributed by atoms with Gasteiger partial charge in [0.15, 0.2) is 0 Å². The smallest absolute Gasteiger partial charge is 0.480 e. The van der Waals surface area contributed by atoms with Crippen molar-refractivity contribution in [3.05, 3.63) is 54.1 Å². The fourth-order valence-corrected chi connectivity index (χ4v) is 4.39. The van der Waals surface area contributed by atoms with Crippen LogP contribution < -0.4 is 10.1 Å². The van der Waals surface area contributed by atoms with E-state index in [2.05, 4.69) is 15.0 Å². The third-order valence-electron chi connectivity index (χ3n) is 6.36. The Balaban J connectivity index is 1.50. The van der Waals surface area contributed by atoms with Crippen LogP contribution in [-0.4, -0.2) is 47.0 Å². The Kier molecular flexibility index (Phi) is 8.02. The topological polar surface area (TPSA) is 61.8 Å². The maximum Gasteiger partial charge on any atom is 0.573 e. The number of carbonyl (C=O) groups is 1. The maximum absolute atomic E-state index is 12.3. The Labute approximate surface area is 192 Å². The summed E-state index contributed by atoms with van der Waals surface area (Å²) >= 11 is 0. The fourth-order valence-electron chi connectivity index (χ4n) is 4.39. The number of likely N-dealkylation sites (tertiary alicyclic amines) is 1. The van der Waals surface area contributed by atoms with E-state index in [0.717, 1.165) is 49.0 Å². The van der Waals surface area contributed by atoms with Crippen LogP contribution in [0.1, 0.15) is 45.1 Å². The maximum atomic E-state index is 12.3. The van der Waals surface area contributed by atoms with Gasteiger partial charge in [-0.2, -0.15) is 0 Å². The van der Waals surface area contributed by atoms with Gasteiger partial charge in [-0.25, -0.2) is 0 Å². The second-order valence-electron chi connectivity index (χ2n) is 8.74. The highest BCUT2D eigenvalue weighted by Crippen LogP contribution is 2.28. The molecule has 0 aliphatic carbocycles. The molecule has 0 bridgehead atoms. The highest BCUT2D eigenvalue weighted by Gasteiger charge is 2.40. The van der Waals surface area contributed by atoms with Crippen molar-refractivity contribution in [2.24, 2.45) is 0 Å². The lowest BCUT2D eigenvalue weighted by Crippen LogP contribution is -2.56. The molecule has 2 aromatic carbocycles. The number of carboxylic acid groups (broad SMARTS) is 1. The van der Waals surface area contributed by atoms with Crippen LogP contribution in [0.25, 0.3) is 11.1 Å². The van der Waals surface area contributed by atoms with E-state index in [0.29, 0.717) is 19.0 Å². The summed E-state index contributed by atoms with van der Waals surface area (Å²) in [6, 6.07) is 14.0. The van der Waals surface area contributed by atoms with Crippen molar-refractivity contribution in [2.45, 2.75) is 64.0 Å². The van der Waals surface area contributed by atoms with Gasteiger partial charge in [0.1, 0.15) is 11.3 Å². The summed E-state index contributed by atoms with van der Waals surface area (Å²) < 4.78 is 40.8. The number of benzene rings is 2. The summed E-state index contributed by atoms with van der Waals surface area (Å²) in [5, 5.41) is 13.3. The molecule has 1 heterocycles. The second-order valence-corrected chi connectivity index (χ2v) is 8.74. The molecule has 0 spiro atoms. The van der Waals surface area contributed by atoms with Crippen LogP contribution in [0.3, 0.4) is 0 Å². The first-order valence-electron chi connectivity index (χ1n) is 11.3. The van der Waals surface area contributed by atoms with Gasteiger partial charge in [0, 0.05) is 25.7 Å². The summed E-state index contributed by atoms with van der Waals surface area (Å²) in [6.45, 7) is 6.05. The highest BCUT2D eigenvalue weighted by atomic mass is 19.4. The number of hydrogen-bond donors (Lipinski definition) is 2. The molecule has 0 amide bonds. The Hall–Kier alpha value is -2.58. The molecule has 1 unspecified atom stereocenters. The Morgan fingerprint density at radius 2 is 1.61 bits per heavy atom. The molecule has 1 aliphatic rings. The van der Waals surface area contributed by atoms with Crippen molar-refractivity contribution >= 4 is 5.97 Å². The molecule has 5 nitrogen and oxygen atoms in total. The van der Waals surface area contributed by atoms with Gasteiger partial charge in [-0.3, -0.25) is 9.69 Å². The number of alkyl halides is 3. The first kappa shape index (κ1) is 25.1. The quantitative estimate of drug-likeness (QED) is 0.517. The van der Waals surface area contributed by atoms with Crippen LogP contribution >= 0.6 is 0 Å². The lowest BCUT2D eigenvalue weighted by molar-refractivity contribution is -0.274. The van der Waals surface area contributed by atoms with E-state index in [9.17, 15) is 23.1 Å². The zero-order valence-electron chi connectivity index (χ0n) is 19.0. The van der Waals surface area contributed by atoms with Gasteiger partial charge in [-0.1, -0.05) is 49.7 Å². The van der Waals surface area contributed by atoms with Crippen LogP contribution in [0.4, 0.5) is 13.2 Å². The van der Waals surface area contributed by atoms with Crippen LogP contribution in [0.15, 0.2) is 48.5 Å². The normalized spacial score (nSPS) is 17.5. The number of carboxylic acids is 1. The van der Waals surface area contributed by atoms with Gasteiger partial charge in [0.05, 0.1) is 0 Å². The Morgan fingerprint density at radius 3 is 2.09 bits per heavy atom. The van der Waals surface area contributed by atoms with Crippen LogP contribution in [0.2, 0.25) is 0 Å². The molecule has 0 saturated carbocycles. The van der Waals surface area contributed by atoms with E-state index in [4.69, 9.17) is 0 Å². The summed E-state index contributed by atoms with van der Waals surface area (Å²) in [5.74, 6) is -0.991. The van der Waals surface area contributed by atoms with Crippen LogP contribution in [-0.2, 0) is 11.3 Å². The zero-order valence-corrected chi connectivity index (χ0v) is 19.0. The van der Waals surface area contributed by atoms with Gasteiger partial charge < -0.3 is 15.2 Å². The molecule has 1 fully saturated rings. The molecular formula is C25H31F3N2O3. The predicted molar refractivity (Wildman–Crippen MR) is 121 cm³/mol. The minimum Gasteiger partial charge on any atom is -0.480 e. The number of ether oxygens (including phenoxy) is 1. The summed E-state index contributed by atoms with van der Waals surface area (Å²) in [7, 11) is 0. The highest BCUT2D eigenvalue weighted by molar-refractivity contribution is 5.78. The number of piperidine rings is 1. The molecule has 0 aromatic heterocycles. The van der Waals surface area contributed by atoms with E-state index in [1.165, 1.54) is 12.1 Å². The molecule has 2 aromatic rings. The monoisotopic (exact) mass is 464 g/mol. The average Bonchev–Trinajstić information content (AvgIpc) is 2.78. The summed E-state index contributed by atoms with van der Waals surface area (Å²) in [4.78, 5) is 13.9. The van der Waals surface area contributed by atoms with Crippen LogP contribution in [0, 0.1) is 0 Å². The van der Waals surface area contributed by atoms with Gasteiger partial charge in [-0.05, 0) is 55.0 Å². The number of halogens is 3. The molecule has 1 saturated heterocycles. The lowest BCUT2D eigenvalue weighted by Gasteiger charge is -2.42. The minimum atomic E-state index is -4.70. The third-order valence-corrected chi connectivity index (χ3v) is 6.36. The molecule has 33 heavy (non-hydrogen) atoms. The van der Waals surface area contributed by atoms with Crippen molar-refractivity contribution in [3.63, 3.8) is 0 Å². The van der Waals surface area contributed by atoms with Gasteiger partial charge >= 0.3 is 12.3 Å². The number of hydrogen-bond acceptors (Lipinski definition) is 4. The summed E-state index contributed by atoms with van der Waals surface area (Å²) in [6.07, 6.45) is -1.42.